The number of morpholine rings is 1. The zero-order valence-corrected chi connectivity index (χ0v) is 12.9. The fourth-order valence-electron chi connectivity index (χ4n) is 2.50. The fourth-order valence-corrected chi connectivity index (χ4v) is 3.36. The number of ether oxygens (including phenoxy) is 1. The average Bonchev–Trinajstić information content (AvgIpc) is 2.39. The van der Waals surface area contributed by atoms with Crippen molar-refractivity contribution in [3.63, 3.8) is 0 Å². The number of nitrogens with zero attached hydrogens (tertiary/aromatic N) is 2. The van der Waals surface area contributed by atoms with Crippen molar-refractivity contribution in [2.45, 2.75) is 13.0 Å². The number of pyridine rings is 1. The lowest BCUT2D eigenvalue weighted by atomic mass is 10.1. The van der Waals surface area contributed by atoms with E-state index in [1.807, 2.05) is 18.3 Å². The Bertz CT molecular complexity index is 620. The van der Waals surface area contributed by atoms with Gasteiger partial charge in [0.05, 0.1) is 23.8 Å². The second-order valence-corrected chi connectivity index (χ2v) is 6.05. The van der Waals surface area contributed by atoms with Crippen LogP contribution in [0.25, 0.3) is 10.9 Å². The smallest absolute Gasteiger partial charge is 0.0909 e. The quantitative estimate of drug-likeness (QED) is 0.787. The van der Waals surface area contributed by atoms with E-state index < -0.39 is 0 Å². The molecule has 1 atom stereocenters. The Morgan fingerprint density at radius 2 is 2.32 bits per heavy atom. The predicted octanol–water partition coefficient (Wildman–Crippen LogP) is 3.88. The van der Waals surface area contributed by atoms with Gasteiger partial charge in [0.25, 0.3) is 0 Å². The first kappa shape index (κ1) is 13.2. The third-order valence-electron chi connectivity index (χ3n) is 3.42. The van der Waals surface area contributed by atoms with Crippen LogP contribution in [0.3, 0.4) is 0 Å². The van der Waals surface area contributed by atoms with Gasteiger partial charge < -0.3 is 9.64 Å². The lowest BCUT2D eigenvalue weighted by molar-refractivity contribution is 0.0991. The molecule has 0 N–H and O–H groups in total. The molecule has 5 heteroatoms. The van der Waals surface area contributed by atoms with E-state index in [2.05, 4.69) is 38.8 Å². The highest BCUT2D eigenvalue weighted by molar-refractivity contribution is 9.10. The summed E-state index contributed by atoms with van der Waals surface area (Å²) in [6, 6.07) is 6.36. The van der Waals surface area contributed by atoms with E-state index in [1.54, 1.807) is 0 Å². The van der Waals surface area contributed by atoms with E-state index >= 15 is 0 Å². The molecule has 0 saturated carbocycles. The molecule has 1 fully saturated rings. The Kier molecular flexibility index (Phi) is 3.65. The molecule has 1 saturated heterocycles. The Labute approximate surface area is 125 Å². The van der Waals surface area contributed by atoms with Crippen LogP contribution in [0, 0.1) is 0 Å². The molecule has 1 aromatic heterocycles. The molecule has 1 aromatic carbocycles. The van der Waals surface area contributed by atoms with Crippen LogP contribution in [-0.2, 0) is 4.74 Å². The van der Waals surface area contributed by atoms with Crippen molar-refractivity contribution in [3.8, 4) is 0 Å². The van der Waals surface area contributed by atoms with Crippen LogP contribution in [0.4, 0.5) is 5.69 Å². The molecule has 19 heavy (non-hydrogen) atoms. The van der Waals surface area contributed by atoms with Crippen LogP contribution in [-0.4, -0.2) is 30.8 Å². The number of hydrogen-bond donors (Lipinski definition) is 0. The van der Waals surface area contributed by atoms with Crippen molar-refractivity contribution in [1.82, 2.24) is 4.98 Å². The molecule has 2 aromatic rings. The molecule has 1 unspecified atom stereocenters. The van der Waals surface area contributed by atoms with Crippen molar-refractivity contribution < 1.29 is 4.74 Å². The number of rotatable bonds is 1. The van der Waals surface area contributed by atoms with Gasteiger partial charge in [-0.15, -0.1) is 0 Å². The number of hydrogen-bond acceptors (Lipinski definition) is 3. The molecular formula is C14H14BrClN2O. The predicted molar refractivity (Wildman–Crippen MR) is 82.1 cm³/mol. The van der Waals surface area contributed by atoms with Crippen molar-refractivity contribution in [1.29, 1.82) is 0 Å². The van der Waals surface area contributed by atoms with Gasteiger partial charge in [0, 0.05) is 34.3 Å². The van der Waals surface area contributed by atoms with E-state index in [4.69, 9.17) is 16.3 Å². The maximum atomic E-state index is 6.27. The molecular weight excluding hydrogens is 328 g/mol. The zero-order valence-electron chi connectivity index (χ0n) is 10.6. The van der Waals surface area contributed by atoms with Crippen LogP contribution in [0.2, 0.25) is 5.02 Å². The van der Waals surface area contributed by atoms with E-state index in [-0.39, 0.29) is 0 Å². The highest BCUT2D eigenvalue weighted by Crippen LogP contribution is 2.34. The van der Waals surface area contributed by atoms with Crippen molar-refractivity contribution >= 4 is 44.1 Å². The highest BCUT2D eigenvalue weighted by Gasteiger charge is 2.21. The van der Waals surface area contributed by atoms with Gasteiger partial charge >= 0.3 is 0 Å². The highest BCUT2D eigenvalue weighted by atomic mass is 79.9. The van der Waals surface area contributed by atoms with E-state index in [0.29, 0.717) is 11.1 Å². The summed E-state index contributed by atoms with van der Waals surface area (Å²) in [6.07, 6.45) is 1.82. The lowest BCUT2D eigenvalue weighted by Gasteiger charge is -2.35. The van der Waals surface area contributed by atoms with E-state index in [1.165, 1.54) is 5.69 Å². The molecule has 0 bridgehead atoms. The van der Waals surface area contributed by atoms with Crippen LogP contribution in [0.1, 0.15) is 6.92 Å². The molecule has 0 spiro atoms. The first-order valence-electron chi connectivity index (χ1n) is 6.25. The minimum Gasteiger partial charge on any atom is -0.377 e. The normalized spacial score (nSPS) is 19.9. The van der Waals surface area contributed by atoms with Gasteiger partial charge in [-0.25, -0.2) is 0 Å². The lowest BCUT2D eigenvalue weighted by Crippen LogP contribution is -2.43. The Morgan fingerprint density at radius 3 is 3.11 bits per heavy atom. The zero-order chi connectivity index (χ0) is 13.4. The third-order valence-corrected chi connectivity index (χ3v) is 4.16. The molecule has 3 rings (SSSR count). The number of anilines is 1. The maximum Gasteiger partial charge on any atom is 0.0909 e. The number of aromatic nitrogens is 1. The second-order valence-electron chi connectivity index (χ2n) is 4.73. The molecule has 3 nitrogen and oxygen atoms in total. The molecule has 1 aliphatic heterocycles. The molecule has 1 aliphatic rings. The van der Waals surface area contributed by atoms with Crippen molar-refractivity contribution in [3.05, 3.63) is 33.9 Å². The van der Waals surface area contributed by atoms with Gasteiger partial charge in [-0.1, -0.05) is 27.5 Å². The first-order chi connectivity index (χ1) is 9.16. The van der Waals surface area contributed by atoms with Crippen LogP contribution < -0.4 is 4.90 Å². The summed E-state index contributed by atoms with van der Waals surface area (Å²) in [4.78, 5) is 6.75. The summed E-state index contributed by atoms with van der Waals surface area (Å²) < 4.78 is 6.47. The molecule has 0 radical (unpaired) electrons. The van der Waals surface area contributed by atoms with Crippen LogP contribution in [0.15, 0.2) is 28.9 Å². The van der Waals surface area contributed by atoms with Gasteiger partial charge in [-0.05, 0) is 25.1 Å². The summed E-state index contributed by atoms with van der Waals surface area (Å²) >= 11 is 9.78. The maximum absolute atomic E-state index is 6.27. The summed E-state index contributed by atoms with van der Waals surface area (Å²) in [5.41, 5.74) is 2.02. The first-order valence-corrected chi connectivity index (χ1v) is 7.42. The van der Waals surface area contributed by atoms with Gasteiger partial charge in [-0.2, -0.15) is 0 Å². The summed E-state index contributed by atoms with van der Waals surface area (Å²) in [5, 5.41) is 1.75. The largest absolute Gasteiger partial charge is 0.377 e. The molecule has 100 valence electrons. The topological polar surface area (TPSA) is 25.4 Å². The summed E-state index contributed by atoms with van der Waals surface area (Å²) in [7, 11) is 0. The number of fused-ring (bicyclic) bond motifs is 1. The van der Waals surface area contributed by atoms with Gasteiger partial charge in [0.15, 0.2) is 0 Å². The van der Waals surface area contributed by atoms with Crippen LogP contribution >= 0.6 is 27.5 Å². The Morgan fingerprint density at radius 1 is 1.47 bits per heavy atom. The Hall–Kier alpha value is -0.840. The fraction of sp³-hybridized carbons (Fsp3) is 0.357. The third kappa shape index (κ3) is 2.45. The van der Waals surface area contributed by atoms with Gasteiger partial charge in [0.2, 0.25) is 0 Å². The summed E-state index contributed by atoms with van der Waals surface area (Å²) in [6.45, 7) is 4.58. The SMILES string of the molecule is CC1COCCN1c1ccnc2c(Cl)cc(Br)cc12. The van der Waals surface area contributed by atoms with Gasteiger partial charge in [0.1, 0.15) is 0 Å². The monoisotopic (exact) mass is 340 g/mol. The van der Waals surface area contributed by atoms with E-state index in [9.17, 15) is 0 Å². The molecule has 2 heterocycles. The minimum atomic E-state index is 0.358. The molecule has 0 amide bonds. The minimum absolute atomic E-state index is 0.358. The van der Waals surface area contributed by atoms with Gasteiger partial charge in [-0.3, -0.25) is 4.98 Å². The standard InChI is InChI=1S/C14H14BrClN2O/c1-9-8-19-5-4-18(9)13-2-3-17-14-11(13)6-10(15)7-12(14)16/h2-3,6-7,9H,4-5,8H2,1H3. The van der Waals surface area contributed by atoms with E-state index in [0.717, 1.165) is 35.1 Å². The number of benzene rings is 1. The summed E-state index contributed by atoms with van der Waals surface area (Å²) in [5.74, 6) is 0. The second kappa shape index (κ2) is 5.27. The molecule has 0 aliphatic carbocycles. The average molecular weight is 342 g/mol. The van der Waals surface area contributed by atoms with Crippen molar-refractivity contribution in [2.75, 3.05) is 24.7 Å². The number of halogens is 2. The Balaban J connectivity index is 2.17. The van der Waals surface area contributed by atoms with Crippen LogP contribution in [0.5, 0.6) is 0 Å². The van der Waals surface area contributed by atoms with Crippen molar-refractivity contribution in [2.24, 2.45) is 0 Å².